The van der Waals surface area contributed by atoms with Gasteiger partial charge in [0.05, 0.1) is 6.61 Å². The second kappa shape index (κ2) is 14.3. The summed E-state index contributed by atoms with van der Waals surface area (Å²) in [4.78, 5) is 20.9. The quantitative estimate of drug-likeness (QED) is 0.125. The van der Waals surface area contributed by atoms with E-state index in [0.29, 0.717) is 12.2 Å². The smallest absolute Gasteiger partial charge is 0.353 e. The first-order chi connectivity index (χ1) is 11.9. The number of rotatable bonds is 16. The van der Waals surface area contributed by atoms with Crippen LogP contribution in [0.2, 0.25) is 0 Å². The molecular weight excluding hydrogens is 320 g/mol. The van der Waals surface area contributed by atoms with Gasteiger partial charge in [0.15, 0.2) is 5.79 Å². The summed E-state index contributed by atoms with van der Waals surface area (Å²) in [6.45, 7) is 9.67. The molecule has 1 unspecified atom stereocenters. The molecule has 0 rings (SSSR count). The maximum atomic E-state index is 11.3. The molecule has 0 spiro atoms. The molecule has 0 heterocycles. The highest BCUT2D eigenvalue weighted by atomic mass is 17.2. The van der Waals surface area contributed by atoms with Gasteiger partial charge in [-0.25, -0.2) is 4.79 Å². The van der Waals surface area contributed by atoms with Crippen molar-refractivity contribution >= 4 is 5.97 Å². The third kappa shape index (κ3) is 10.6. The van der Waals surface area contributed by atoms with Gasteiger partial charge in [-0.15, -0.1) is 0 Å². The van der Waals surface area contributed by atoms with E-state index in [4.69, 9.17) is 14.4 Å². The molecule has 0 saturated heterocycles. The number of carbonyl (C=O) groups is 1. The fourth-order valence-electron chi connectivity index (χ4n) is 2.81. The lowest BCUT2D eigenvalue weighted by Crippen LogP contribution is -2.39. The first kappa shape index (κ1) is 24.1. The Morgan fingerprint density at radius 1 is 1.00 bits per heavy atom. The Kier molecular flexibility index (Phi) is 13.8. The monoisotopic (exact) mass is 358 g/mol. The molecule has 148 valence electrons. The Morgan fingerprint density at radius 3 is 2.12 bits per heavy atom. The van der Waals surface area contributed by atoms with Gasteiger partial charge in [-0.2, -0.15) is 4.89 Å². The number of unbranched alkanes of at least 4 members (excludes halogenated alkanes) is 5. The van der Waals surface area contributed by atoms with E-state index in [2.05, 4.69) is 18.4 Å². The van der Waals surface area contributed by atoms with Crippen molar-refractivity contribution in [2.75, 3.05) is 20.8 Å². The first-order valence-corrected chi connectivity index (χ1v) is 9.50. The van der Waals surface area contributed by atoms with Crippen molar-refractivity contribution in [3.05, 3.63) is 12.2 Å². The summed E-state index contributed by atoms with van der Waals surface area (Å²) in [6.07, 6.45) is 10.3. The number of hydrogen-bond acceptors (Lipinski definition) is 5. The van der Waals surface area contributed by atoms with E-state index in [1.807, 2.05) is 6.92 Å². The van der Waals surface area contributed by atoms with Crippen LogP contribution in [0, 0.1) is 5.92 Å². The number of hydrogen-bond donors (Lipinski definition) is 0. The molecule has 25 heavy (non-hydrogen) atoms. The largest absolute Gasteiger partial charge is 0.368 e. The van der Waals surface area contributed by atoms with Crippen molar-refractivity contribution in [1.29, 1.82) is 0 Å². The van der Waals surface area contributed by atoms with Crippen LogP contribution in [0.15, 0.2) is 12.2 Å². The van der Waals surface area contributed by atoms with Crippen LogP contribution in [0.3, 0.4) is 0 Å². The molecule has 0 aromatic rings. The van der Waals surface area contributed by atoms with Gasteiger partial charge in [-0.05, 0) is 33.1 Å². The van der Waals surface area contributed by atoms with Crippen molar-refractivity contribution in [2.24, 2.45) is 5.92 Å². The average molecular weight is 359 g/mol. The maximum Gasteiger partial charge on any atom is 0.368 e. The summed E-state index contributed by atoms with van der Waals surface area (Å²) in [5, 5.41) is 0. The highest BCUT2D eigenvalue weighted by Gasteiger charge is 2.33. The molecule has 0 aliphatic heterocycles. The van der Waals surface area contributed by atoms with Crippen molar-refractivity contribution in [3.63, 3.8) is 0 Å². The predicted molar refractivity (Wildman–Crippen MR) is 100.0 cm³/mol. The Hall–Kier alpha value is -0.910. The minimum atomic E-state index is -0.599. The van der Waals surface area contributed by atoms with E-state index < -0.39 is 11.8 Å². The van der Waals surface area contributed by atoms with Gasteiger partial charge >= 0.3 is 5.97 Å². The predicted octanol–water partition coefficient (Wildman–Crippen LogP) is 5.19. The lowest BCUT2D eigenvalue weighted by atomic mass is 9.88. The van der Waals surface area contributed by atoms with E-state index in [1.165, 1.54) is 38.5 Å². The van der Waals surface area contributed by atoms with Gasteiger partial charge in [0.1, 0.15) is 0 Å². The maximum absolute atomic E-state index is 11.3. The van der Waals surface area contributed by atoms with E-state index in [9.17, 15) is 4.79 Å². The van der Waals surface area contributed by atoms with Crippen molar-refractivity contribution in [3.8, 4) is 0 Å². The van der Waals surface area contributed by atoms with E-state index >= 15 is 0 Å². The van der Waals surface area contributed by atoms with Crippen LogP contribution in [0.4, 0.5) is 0 Å². The molecule has 5 nitrogen and oxygen atoms in total. The summed E-state index contributed by atoms with van der Waals surface area (Å²) >= 11 is 0. The molecule has 0 aliphatic rings. The lowest BCUT2D eigenvalue weighted by Gasteiger charge is -2.35. The molecule has 0 fully saturated rings. The van der Waals surface area contributed by atoms with Crippen LogP contribution in [0.1, 0.15) is 78.6 Å². The Bertz CT molecular complexity index is 363. The van der Waals surface area contributed by atoms with Gasteiger partial charge in [-0.1, -0.05) is 52.0 Å². The highest BCUT2D eigenvalue weighted by Crippen LogP contribution is 2.31. The molecule has 0 bridgehead atoms. The van der Waals surface area contributed by atoms with Crippen LogP contribution < -0.4 is 0 Å². The zero-order valence-electron chi connectivity index (χ0n) is 16.9. The van der Waals surface area contributed by atoms with Gasteiger partial charge in [0, 0.05) is 25.7 Å². The van der Waals surface area contributed by atoms with E-state index in [1.54, 1.807) is 21.1 Å². The first-order valence-electron chi connectivity index (χ1n) is 9.50. The minimum absolute atomic E-state index is 0.272. The SMILES string of the molecule is C=C(C)C(=O)OOCCCC(CCCCCCCC)C(C)(OC)OC. The lowest BCUT2D eigenvalue weighted by molar-refractivity contribution is -0.270. The molecule has 5 heteroatoms. The second-order valence-electron chi connectivity index (χ2n) is 6.79. The minimum Gasteiger partial charge on any atom is -0.353 e. The van der Waals surface area contributed by atoms with Gasteiger partial charge < -0.3 is 9.47 Å². The van der Waals surface area contributed by atoms with Crippen molar-refractivity contribution < 1.29 is 24.0 Å². The zero-order chi connectivity index (χ0) is 19.1. The summed E-state index contributed by atoms with van der Waals surface area (Å²) in [5.41, 5.74) is 0.326. The van der Waals surface area contributed by atoms with Crippen LogP contribution in [0.5, 0.6) is 0 Å². The van der Waals surface area contributed by atoms with Gasteiger partial charge in [0.2, 0.25) is 0 Å². The third-order valence-corrected chi connectivity index (χ3v) is 4.72. The fourth-order valence-corrected chi connectivity index (χ4v) is 2.81. The summed E-state index contributed by atoms with van der Waals surface area (Å²) in [5.74, 6) is -0.853. The third-order valence-electron chi connectivity index (χ3n) is 4.72. The van der Waals surface area contributed by atoms with Crippen LogP contribution >= 0.6 is 0 Å². The summed E-state index contributed by atoms with van der Waals surface area (Å²) in [6, 6.07) is 0. The molecule has 0 amide bonds. The molecule has 0 aromatic carbocycles. The Balaban J connectivity index is 4.22. The Morgan fingerprint density at radius 2 is 1.56 bits per heavy atom. The van der Waals surface area contributed by atoms with Gasteiger partial charge in [-0.3, -0.25) is 4.89 Å². The van der Waals surface area contributed by atoms with E-state index in [-0.39, 0.29) is 5.92 Å². The fraction of sp³-hybridized carbons (Fsp3) is 0.850. The van der Waals surface area contributed by atoms with Crippen LogP contribution in [-0.4, -0.2) is 32.6 Å². The van der Waals surface area contributed by atoms with Crippen LogP contribution in [0.25, 0.3) is 0 Å². The molecule has 0 aromatic heterocycles. The molecule has 0 saturated carbocycles. The highest BCUT2D eigenvalue weighted by molar-refractivity contribution is 5.86. The Labute approximate surface area is 154 Å². The van der Waals surface area contributed by atoms with Crippen molar-refractivity contribution in [2.45, 2.75) is 84.3 Å². The standard InChI is InChI=1S/C20H38O5/c1-7-8-9-10-11-12-14-18(20(4,22-5)23-6)15-13-16-24-25-19(21)17(2)3/h18H,2,7-16H2,1,3-6H3. The molecule has 0 N–H and O–H groups in total. The summed E-state index contributed by atoms with van der Waals surface area (Å²) < 4.78 is 11.2. The van der Waals surface area contributed by atoms with Crippen molar-refractivity contribution in [1.82, 2.24) is 0 Å². The molecular formula is C20H38O5. The zero-order valence-corrected chi connectivity index (χ0v) is 16.9. The number of methoxy groups -OCH3 is 2. The number of carbonyl (C=O) groups excluding carboxylic acids is 1. The average Bonchev–Trinajstić information content (AvgIpc) is 2.61. The van der Waals surface area contributed by atoms with Gasteiger partial charge in [0.25, 0.3) is 0 Å². The topological polar surface area (TPSA) is 54.0 Å². The van der Waals surface area contributed by atoms with E-state index in [0.717, 1.165) is 19.3 Å². The molecule has 1 atom stereocenters. The summed E-state index contributed by atoms with van der Waals surface area (Å²) in [7, 11) is 3.37. The van der Waals surface area contributed by atoms with Crippen LogP contribution in [-0.2, 0) is 24.0 Å². The second-order valence-corrected chi connectivity index (χ2v) is 6.79. The molecule has 0 aliphatic carbocycles. The normalized spacial score (nSPS) is 12.8. The number of ether oxygens (including phenoxy) is 2. The molecule has 0 radical (unpaired) electrons.